The molecule has 0 aliphatic carbocycles. The average Bonchev–Trinajstić information content (AvgIpc) is 2.36. The summed E-state index contributed by atoms with van der Waals surface area (Å²) >= 11 is 0. The van der Waals surface area contributed by atoms with Crippen LogP contribution in [0.1, 0.15) is 31.1 Å². The molecule has 0 heterocycles. The van der Waals surface area contributed by atoms with Gasteiger partial charge in [0.15, 0.2) is 0 Å². The van der Waals surface area contributed by atoms with Gasteiger partial charge in [-0.15, -0.1) is 0 Å². The van der Waals surface area contributed by atoms with E-state index in [1.165, 1.54) is 0 Å². The number of para-hydroxylation sites is 1. The third kappa shape index (κ3) is 4.71. The van der Waals surface area contributed by atoms with E-state index in [2.05, 4.69) is 10.6 Å². The quantitative estimate of drug-likeness (QED) is 0.750. The number of amides is 2. The topological polar surface area (TPSA) is 84.2 Å². The lowest BCUT2D eigenvalue weighted by molar-refractivity contribution is -0.117. The molecule has 5 heteroatoms. The lowest BCUT2D eigenvalue weighted by Gasteiger charge is -2.13. The molecule has 0 spiro atoms. The van der Waals surface area contributed by atoms with Gasteiger partial charge in [0.25, 0.3) is 5.91 Å². The zero-order valence-electron chi connectivity index (χ0n) is 11.6. The molecule has 0 aliphatic rings. The van der Waals surface area contributed by atoms with E-state index in [0.29, 0.717) is 23.7 Å². The van der Waals surface area contributed by atoms with Crippen molar-refractivity contribution in [3.63, 3.8) is 0 Å². The summed E-state index contributed by atoms with van der Waals surface area (Å²) in [5.41, 5.74) is 6.42. The summed E-state index contributed by atoms with van der Waals surface area (Å²) in [7, 11) is 0. The van der Waals surface area contributed by atoms with Gasteiger partial charge in [-0.2, -0.15) is 0 Å². The summed E-state index contributed by atoms with van der Waals surface area (Å²) < 4.78 is 0. The molecule has 0 unspecified atom stereocenters. The average molecular weight is 263 g/mol. The molecule has 1 aromatic rings. The minimum Gasteiger partial charge on any atom is -0.352 e. The summed E-state index contributed by atoms with van der Waals surface area (Å²) in [6, 6.07) is 6.26. The van der Waals surface area contributed by atoms with Gasteiger partial charge < -0.3 is 16.4 Å². The van der Waals surface area contributed by atoms with E-state index < -0.39 is 6.04 Å². The van der Waals surface area contributed by atoms with Crippen molar-refractivity contribution in [2.24, 2.45) is 11.7 Å². The van der Waals surface area contributed by atoms with Gasteiger partial charge in [-0.25, -0.2) is 0 Å². The third-order valence-corrected chi connectivity index (χ3v) is 2.51. The molecular weight excluding hydrogens is 242 g/mol. The van der Waals surface area contributed by atoms with Gasteiger partial charge >= 0.3 is 0 Å². The lowest BCUT2D eigenvalue weighted by Crippen LogP contribution is -2.34. The zero-order chi connectivity index (χ0) is 14.4. The van der Waals surface area contributed by atoms with E-state index in [1.54, 1.807) is 31.2 Å². The largest absolute Gasteiger partial charge is 0.352 e. The Morgan fingerprint density at radius 2 is 1.84 bits per heavy atom. The van der Waals surface area contributed by atoms with Gasteiger partial charge in [-0.1, -0.05) is 26.0 Å². The fourth-order valence-corrected chi connectivity index (χ4v) is 1.43. The van der Waals surface area contributed by atoms with Crippen LogP contribution in [0, 0.1) is 5.92 Å². The second-order valence-electron chi connectivity index (χ2n) is 4.93. The second kappa shape index (κ2) is 6.89. The Bertz CT molecular complexity index is 456. The maximum absolute atomic E-state index is 12.0. The van der Waals surface area contributed by atoms with Crippen molar-refractivity contribution in [3.8, 4) is 0 Å². The number of hydrogen-bond donors (Lipinski definition) is 3. The number of benzene rings is 1. The van der Waals surface area contributed by atoms with Gasteiger partial charge in [-0.3, -0.25) is 9.59 Å². The first-order chi connectivity index (χ1) is 8.91. The number of nitrogens with one attached hydrogen (secondary N) is 2. The highest BCUT2D eigenvalue weighted by atomic mass is 16.2. The van der Waals surface area contributed by atoms with Crippen LogP contribution in [0.15, 0.2) is 24.3 Å². The van der Waals surface area contributed by atoms with Gasteiger partial charge in [0.2, 0.25) is 5.91 Å². The SMILES string of the molecule is CC(C)CNC(=O)c1ccccc1NC(=O)[C@@H](C)N. The summed E-state index contributed by atoms with van der Waals surface area (Å²) in [4.78, 5) is 23.6. The number of anilines is 1. The lowest BCUT2D eigenvalue weighted by atomic mass is 10.1. The molecule has 0 fully saturated rings. The van der Waals surface area contributed by atoms with Crippen LogP contribution in [0.3, 0.4) is 0 Å². The number of nitrogens with two attached hydrogens (primary N) is 1. The Balaban J connectivity index is 2.83. The highest BCUT2D eigenvalue weighted by Gasteiger charge is 2.14. The third-order valence-electron chi connectivity index (χ3n) is 2.51. The van der Waals surface area contributed by atoms with E-state index in [1.807, 2.05) is 13.8 Å². The Hall–Kier alpha value is -1.88. The molecule has 1 atom stereocenters. The first kappa shape index (κ1) is 15.2. The molecule has 1 rings (SSSR count). The van der Waals surface area contributed by atoms with Crippen molar-refractivity contribution in [2.45, 2.75) is 26.8 Å². The molecule has 0 bridgehead atoms. The highest BCUT2D eigenvalue weighted by molar-refractivity contribution is 6.04. The fraction of sp³-hybridized carbons (Fsp3) is 0.429. The van der Waals surface area contributed by atoms with Crippen LogP contribution < -0.4 is 16.4 Å². The van der Waals surface area contributed by atoms with Crippen molar-refractivity contribution in [1.29, 1.82) is 0 Å². The normalized spacial score (nSPS) is 12.1. The molecule has 1 aromatic carbocycles. The summed E-state index contributed by atoms with van der Waals surface area (Å²) in [5, 5.41) is 5.47. The summed E-state index contributed by atoms with van der Waals surface area (Å²) in [6.45, 7) is 6.22. The van der Waals surface area contributed by atoms with Crippen LogP contribution in [0.5, 0.6) is 0 Å². The van der Waals surface area contributed by atoms with Crippen molar-refractivity contribution in [3.05, 3.63) is 29.8 Å². The second-order valence-corrected chi connectivity index (χ2v) is 4.93. The van der Waals surface area contributed by atoms with E-state index in [9.17, 15) is 9.59 Å². The van der Waals surface area contributed by atoms with E-state index in [-0.39, 0.29) is 11.8 Å². The Morgan fingerprint density at radius 1 is 1.21 bits per heavy atom. The Morgan fingerprint density at radius 3 is 2.42 bits per heavy atom. The molecule has 0 aromatic heterocycles. The number of carbonyl (C=O) groups is 2. The first-order valence-corrected chi connectivity index (χ1v) is 6.35. The molecule has 4 N–H and O–H groups in total. The predicted octanol–water partition coefficient (Wildman–Crippen LogP) is 1.36. The van der Waals surface area contributed by atoms with Crippen LogP contribution in [-0.2, 0) is 4.79 Å². The molecule has 2 amide bonds. The van der Waals surface area contributed by atoms with Crippen molar-refractivity contribution in [2.75, 3.05) is 11.9 Å². The molecule has 5 nitrogen and oxygen atoms in total. The molecule has 0 aliphatic heterocycles. The number of rotatable bonds is 5. The van der Waals surface area contributed by atoms with Crippen molar-refractivity contribution < 1.29 is 9.59 Å². The van der Waals surface area contributed by atoms with Crippen LogP contribution in [0.2, 0.25) is 0 Å². The zero-order valence-corrected chi connectivity index (χ0v) is 11.6. The summed E-state index contributed by atoms with van der Waals surface area (Å²) in [5.74, 6) is -0.145. The molecule has 104 valence electrons. The number of carbonyl (C=O) groups excluding carboxylic acids is 2. The number of hydrogen-bond acceptors (Lipinski definition) is 3. The van der Waals surface area contributed by atoms with Gasteiger partial charge in [0, 0.05) is 6.54 Å². The molecule has 0 radical (unpaired) electrons. The van der Waals surface area contributed by atoms with E-state index in [4.69, 9.17) is 5.73 Å². The van der Waals surface area contributed by atoms with E-state index in [0.717, 1.165) is 0 Å². The van der Waals surface area contributed by atoms with Crippen molar-refractivity contribution in [1.82, 2.24) is 5.32 Å². The smallest absolute Gasteiger partial charge is 0.253 e. The minimum atomic E-state index is -0.619. The van der Waals surface area contributed by atoms with Gasteiger partial charge in [-0.05, 0) is 25.0 Å². The standard InChI is InChI=1S/C14H21N3O2/c1-9(2)8-16-14(19)11-6-4-5-7-12(11)17-13(18)10(3)15/h4-7,9-10H,8,15H2,1-3H3,(H,16,19)(H,17,18)/t10-/m1/s1. The Labute approximate surface area is 113 Å². The molecule has 0 saturated heterocycles. The highest BCUT2D eigenvalue weighted by Crippen LogP contribution is 2.15. The van der Waals surface area contributed by atoms with Crippen molar-refractivity contribution >= 4 is 17.5 Å². The van der Waals surface area contributed by atoms with Crippen LogP contribution >= 0.6 is 0 Å². The van der Waals surface area contributed by atoms with Crippen LogP contribution in [-0.4, -0.2) is 24.4 Å². The minimum absolute atomic E-state index is 0.200. The first-order valence-electron chi connectivity index (χ1n) is 6.35. The van der Waals surface area contributed by atoms with Gasteiger partial charge in [0.1, 0.15) is 0 Å². The van der Waals surface area contributed by atoms with Crippen LogP contribution in [0.4, 0.5) is 5.69 Å². The summed E-state index contributed by atoms with van der Waals surface area (Å²) in [6.07, 6.45) is 0. The predicted molar refractivity (Wildman–Crippen MR) is 75.9 cm³/mol. The monoisotopic (exact) mass is 263 g/mol. The maximum atomic E-state index is 12.0. The van der Waals surface area contributed by atoms with E-state index >= 15 is 0 Å². The van der Waals surface area contributed by atoms with Crippen LogP contribution in [0.25, 0.3) is 0 Å². The molecular formula is C14H21N3O2. The molecule has 0 saturated carbocycles. The Kier molecular flexibility index (Phi) is 5.51. The molecule has 19 heavy (non-hydrogen) atoms. The maximum Gasteiger partial charge on any atom is 0.253 e. The fourth-order valence-electron chi connectivity index (χ4n) is 1.43. The van der Waals surface area contributed by atoms with Gasteiger partial charge in [0.05, 0.1) is 17.3 Å².